The predicted molar refractivity (Wildman–Crippen MR) is 108 cm³/mol. The van der Waals surface area contributed by atoms with Crippen molar-refractivity contribution in [2.75, 3.05) is 25.4 Å². The highest BCUT2D eigenvalue weighted by Crippen LogP contribution is 2.36. The number of carbonyl (C=O) groups is 1. The zero-order valence-electron chi connectivity index (χ0n) is 15.5. The fourth-order valence-electron chi connectivity index (χ4n) is 4.23. The number of piperidine rings is 1. The predicted octanol–water partition coefficient (Wildman–Crippen LogP) is 3.97. The highest BCUT2D eigenvalue weighted by molar-refractivity contribution is 8.02. The van der Waals surface area contributed by atoms with Crippen molar-refractivity contribution < 1.29 is 4.79 Å². The van der Waals surface area contributed by atoms with Gasteiger partial charge < -0.3 is 10.2 Å². The molecule has 1 aliphatic carbocycles. The third kappa shape index (κ3) is 5.66. The Morgan fingerprint density at radius 2 is 2.08 bits per heavy atom. The van der Waals surface area contributed by atoms with Crippen molar-refractivity contribution in [3.8, 4) is 12.8 Å². The zero-order valence-corrected chi connectivity index (χ0v) is 16.3. The van der Waals surface area contributed by atoms with Gasteiger partial charge in [0.2, 0.25) is 5.91 Å². The molecule has 3 rings (SSSR count). The quantitative estimate of drug-likeness (QED) is 0.468. The zero-order chi connectivity index (χ0) is 18.1. The Morgan fingerprint density at radius 1 is 1.32 bits per heavy atom. The SMILES string of the molecule is C#C.C/C(=C\SCC1=CCNCC1)C(=O)N1CCCC2CCCCC21. The summed E-state index contributed by atoms with van der Waals surface area (Å²) in [6, 6.07) is 0.519. The van der Waals surface area contributed by atoms with Crippen LogP contribution in [0.5, 0.6) is 0 Å². The Bertz CT molecular complexity index is 521. The molecule has 4 heteroatoms. The van der Waals surface area contributed by atoms with E-state index in [1.54, 1.807) is 11.8 Å². The van der Waals surface area contributed by atoms with Crippen molar-refractivity contribution in [1.82, 2.24) is 10.2 Å². The minimum absolute atomic E-state index is 0.286. The number of carbonyl (C=O) groups excluding carboxylic acids is 1. The molecule has 2 aliphatic heterocycles. The average Bonchev–Trinajstić information content (AvgIpc) is 2.69. The van der Waals surface area contributed by atoms with Crippen LogP contribution in [-0.2, 0) is 4.79 Å². The summed E-state index contributed by atoms with van der Waals surface area (Å²) >= 11 is 1.78. The molecule has 2 atom stereocenters. The van der Waals surface area contributed by atoms with Crippen LogP contribution in [0, 0.1) is 18.8 Å². The van der Waals surface area contributed by atoms with Gasteiger partial charge in [-0.1, -0.05) is 24.5 Å². The number of rotatable bonds is 4. The normalized spacial score (nSPS) is 26.8. The smallest absolute Gasteiger partial charge is 0.250 e. The van der Waals surface area contributed by atoms with Crippen LogP contribution in [0.3, 0.4) is 0 Å². The monoisotopic (exact) mass is 360 g/mol. The molecule has 1 N–H and O–H groups in total. The van der Waals surface area contributed by atoms with Crippen LogP contribution in [0.15, 0.2) is 22.6 Å². The van der Waals surface area contributed by atoms with Crippen molar-refractivity contribution in [3.05, 3.63) is 22.6 Å². The first-order chi connectivity index (χ1) is 12.3. The third-order valence-corrected chi connectivity index (χ3v) is 6.59. The lowest BCUT2D eigenvalue weighted by Gasteiger charge is -2.44. The Kier molecular flexibility index (Phi) is 8.64. The van der Waals surface area contributed by atoms with Gasteiger partial charge in [-0.25, -0.2) is 0 Å². The number of nitrogens with zero attached hydrogens (tertiary/aromatic N) is 1. The van der Waals surface area contributed by atoms with Crippen molar-refractivity contribution in [3.63, 3.8) is 0 Å². The number of amides is 1. The van der Waals surface area contributed by atoms with E-state index in [4.69, 9.17) is 0 Å². The molecular weight excluding hydrogens is 328 g/mol. The van der Waals surface area contributed by atoms with E-state index in [-0.39, 0.29) is 5.91 Å². The van der Waals surface area contributed by atoms with Crippen LogP contribution >= 0.6 is 11.8 Å². The highest BCUT2D eigenvalue weighted by atomic mass is 32.2. The molecule has 0 aromatic rings. The van der Waals surface area contributed by atoms with E-state index in [0.29, 0.717) is 6.04 Å². The molecule has 138 valence electrons. The van der Waals surface area contributed by atoms with Crippen molar-refractivity contribution in [2.24, 2.45) is 5.92 Å². The summed E-state index contributed by atoms with van der Waals surface area (Å²) in [5.74, 6) is 2.08. The summed E-state index contributed by atoms with van der Waals surface area (Å²) in [7, 11) is 0. The van der Waals surface area contributed by atoms with Gasteiger partial charge >= 0.3 is 0 Å². The standard InChI is InChI=1S/C19H30N2OS.C2H2/c1-15(13-23-14-16-8-10-20-11-9-16)19(22)21-12-4-6-17-5-2-3-7-18(17)21;1-2/h8,13,17-18,20H,2-7,9-12,14H2,1H3;1-2H/b15-13+;. The number of hydrogen-bond donors (Lipinski definition) is 1. The van der Waals surface area contributed by atoms with Gasteiger partial charge in [0, 0.05) is 30.5 Å². The van der Waals surface area contributed by atoms with Crippen LogP contribution in [-0.4, -0.2) is 42.2 Å². The average molecular weight is 361 g/mol. The van der Waals surface area contributed by atoms with E-state index in [2.05, 4.69) is 34.5 Å². The van der Waals surface area contributed by atoms with Crippen LogP contribution < -0.4 is 5.32 Å². The second-order valence-corrected chi connectivity index (χ2v) is 8.04. The second kappa shape index (κ2) is 10.7. The Labute approximate surface area is 157 Å². The minimum atomic E-state index is 0.286. The maximum Gasteiger partial charge on any atom is 0.250 e. The maximum absolute atomic E-state index is 12.9. The van der Waals surface area contributed by atoms with Gasteiger partial charge in [-0.05, 0) is 56.9 Å². The van der Waals surface area contributed by atoms with Gasteiger partial charge in [0.05, 0.1) is 0 Å². The largest absolute Gasteiger partial charge is 0.336 e. The van der Waals surface area contributed by atoms with E-state index < -0.39 is 0 Å². The minimum Gasteiger partial charge on any atom is -0.336 e. The fraction of sp³-hybridized carbons (Fsp3) is 0.667. The maximum atomic E-state index is 12.9. The fourth-order valence-corrected chi connectivity index (χ4v) is 5.14. The third-order valence-electron chi connectivity index (χ3n) is 5.53. The molecule has 0 bridgehead atoms. The Balaban J connectivity index is 0.00000109. The van der Waals surface area contributed by atoms with Gasteiger partial charge in [-0.2, -0.15) is 0 Å². The lowest BCUT2D eigenvalue weighted by atomic mass is 9.78. The van der Waals surface area contributed by atoms with E-state index >= 15 is 0 Å². The Hall–Kier alpha value is -1.18. The lowest BCUT2D eigenvalue weighted by molar-refractivity contribution is -0.133. The van der Waals surface area contributed by atoms with E-state index in [0.717, 1.165) is 43.3 Å². The van der Waals surface area contributed by atoms with E-state index in [9.17, 15) is 4.79 Å². The number of likely N-dealkylation sites (tertiary alicyclic amines) is 1. The molecule has 0 aromatic heterocycles. The molecule has 3 aliphatic rings. The first kappa shape index (κ1) is 20.1. The molecular formula is C21H32N2OS. The molecule has 1 amide bonds. The molecule has 0 spiro atoms. The van der Waals surface area contributed by atoms with Gasteiger partial charge in [0.1, 0.15) is 0 Å². The van der Waals surface area contributed by atoms with E-state index in [1.165, 1.54) is 44.1 Å². The molecule has 2 heterocycles. The van der Waals surface area contributed by atoms with Crippen molar-refractivity contribution in [1.29, 1.82) is 0 Å². The summed E-state index contributed by atoms with van der Waals surface area (Å²) in [6.07, 6.45) is 19.1. The summed E-state index contributed by atoms with van der Waals surface area (Å²) in [6.45, 7) is 5.05. The van der Waals surface area contributed by atoms with Crippen LogP contribution in [0.25, 0.3) is 0 Å². The summed E-state index contributed by atoms with van der Waals surface area (Å²) in [5, 5.41) is 5.43. The molecule has 25 heavy (non-hydrogen) atoms. The number of nitrogens with one attached hydrogen (secondary N) is 1. The molecule has 2 unspecified atom stereocenters. The van der Waals surface area contributed by atoms with Crippen LogP contribution in [0.1, 0.15) is 51.9 Å². The second-order valence-electron chi connectivity index (χ2n) is 7.18. The first-order valence-corrected chi connectivity index (χ1v) is 10.6. The number of terminal acetylenes is 1. The topological polar surface area (TPSA) is 32.3 Å². The van der Waals surface area contributed by atoms with Gasteiger partial charge in [-0.3, -0.25) is 4.79 Å². The molecule has 0 aromatic carbocycles. The molecule has 3 nitrogen and oxygen atoms in total. The number of fused-ring (bicyclic) bond motifs is 1. The van der Waals surface area contributed by atoms with Crippen LogP contribution in [0.2, 0.25) is 0 Å². The lowest BCUT2D eigenvalue weighted by Crippen LogP contribution is -2.49. The molecule has 0 radical (unpaired) electrons. The number of hydrogen-bond acceptors (Lipinski definition) is 3. The van der Waals surface area contributed by atoms with Gasteiger partial charge in [-0.15, -0.1) is 24.6 Å². The summed E-state index contributed by atoms with van der Waals surface area (Å²) in [4.78, 5) is 15.1. The molecule has 2 fully saturated rings. The number of thioether (sulfide) groups is 1. The molecule has 1 saturated heterocycles. The van der Waals surface area contributed by atoms with E-state index in [1.807, 2.05) is 6.92 Å². The van der Waals surface area contributed by atoms with Crippen LogP contribution in [0.4, 0.5) is 0 Å². The highest BCUT2D eigenvalue weighted by Gasteiger charge is 2.35. The van der Waals surface area contributed by atoms with Gasteiger partial charge in [0.15, 0.2) is 0 Å². The van der Waals surface area contributed by atoms with Crippen molar-refractivity contribution >= 4 is 17.7 Å². The van der Waals surface area contributed by atoms with Crippen molar-refractivity contribution in [2.45, 2.75) is 57.9 Å². The summed E-state index contributed by atoms with van der Waals surface area (Å²) in [5.41, 5.74) is 2.44. The first-order valence-electron chi connectivity index (χ1n) is 9.57. The molecule has 1 saturated carbocycles. The summed E-state index contributed by atoms with van der Waals surface area (Å²) < 4.78 is 0. The van der Waals surface area contributed by atoms with Gasteiger partial charge in [0.25, 0.3) is 0 Å². The Morgan fingerprint density at radius 3 is 2.84 bits per heavy atom.